The predicted octanol–water partition coefficient (Wildman–Crippen LogP) is 2.00. The van der Waals surface area contributed by atoms with Crippen LogP contribution in [0.15, 0.2) is 24.0 Å². The molecule has 0 bridgehead atoms. The topological polar surface area (TPSA) is 42.2 Å². The lowest BCUT2D eigenvalue weighted by atomic mass is 10.2. The predicted molar refractivity (Wildman–Crippen MR) is 51.4 cm³/mol. The molecular formula is C10H13NO2. The molecule has 0 aliphatic heterocycles. The quantitative estimate of drug-likeness (QED) is 0.721. The van der Waals surface area contributed by atoms with Crippen molar-refractivity contribution in [2.75, 3.05) is 0 Å². The van der Waals surface area contributed by atoms with Crippen LogP contribution in [0.4, 0.5) is 0 Å². The van der Waals surface area contributed by atoms with Crippen molar-refractivity contribution >= 4 is 12.0 Å². The molecular weight excluding hydrogens is 166 g/mol. The Morgan fingerprint density at radius 2 is 2.38 bits per heavy atom. The van der Waals surface area contributed by atoms with Crippen molar-refractivity contribution in [1.82, 2.24) is 4.57 Å². The summed E-state index contributed by atoms with van der Waals surface area (Å²) in [6.07, 6.45) is 5.52. The van der Waals surface area contributed by atoms with Gasteiger partial charge in [-0.05, 0) is 31.6 Å². The van der Waals surface area contributed by atoms with Crippen molar-refractivity contribution in [3.8, 4) is 0 Å². The minimum absolute atomic E-state index is 0.355. The molecule has 0 aromatic carbocycles. The van der Waals surface area contributed by atoms with Crippen LogP contribution >= 0.6 is 0 Å². The molecule has 70 valence electrons. The molecule has 1 N–H and O–H groups in total. The molecule has 1 heterocycles. The summed E-state index contributed by atoms with van der Waals surface area (Å²) in [5.74, 6) is -0.871. The van der Waals surface area contributed by atoms with Gasteiger partial charge in [0.25, 0.3) is 0 Å². The van der Waals surface area contributed by atoms with Crippen LogP contribution in [0, 0.1) is 0 Å². The van der Waals surface area contributed by atoms with E-state index in [1.165, 1.54) is 0 Å². The second-order valence-corrected chi connectivity index (χ2v) is 2.91. The average Bonchev–Trinajstić information content (AvgIpc) is 2.52. The van der Waals surface area contributed by atoms with Gasteiger partial charge in [0.05, 0.1) is 0 Å². The van der Waals surface area contributed by atoms with E-state index in [0.717, 1.165) is 12.1 Å². The van der Waals surface area contributed by atoms with Gasteiger partial charge in [0.2, 0.25) is 0 Å². The number of hydrogen-bond donors (Lipinski definition) is 1. The lowest BCUT2D eigenvalue weighted by Gasteiger charge is -1.93. The van der Waals surface area contributed by atoms with E-state index >= 15 is 0 Å². The third-order valence-electron chi connectivity index (χ3n) is 1.86. The van der Waals surface area contributed by atoms with Crippen molar-refractivity contribution in [3.05, 3.63) is 29.6 Å². The molecule has 1 aromatic rings. The molecule has 1 aromatic heterocycles. The first-order valence-electron chi connectivity index (χ1n) is 4.21. The summed E-state index contributed by atoms with van der Waals surface area (Å²) in [4.78, 5) is 10.5. The molecule has 3 nitrogen and oxygen atoms in total. The fraction of sp³-hybridized carbons (Fsp3) is 0.300. The Hall–Kier alpha value is -1.51. The van der Waals surface area contributed by atoms with E-state index in [-0.39, 0.29) is 0 Å². The van der Waals surface area contributed by atoms with Crippen molar-refractivity contribution in [2.24, 2.45) is 0 Å². The number of carboxylic acids is 1. The highest BCUT2D eigenvalue weighted by Crippen LogP contribution is 2.07. The van der Waals surface area contributed by atoms with E-state index in [0.29, 0.717) is 5.57 Å². The van der Waals surface area contributed by atoms with Gasteiger partial charge >= 0.3 is 5.97 Å². The second kappa shape index (κ2) is 3.94. The number of aromatic nitrogens is 1. The first kappa shape index (κ1) is 9.58. The van der Waals surface area contributed by atoms with Gasteiger partial charge in [0.15, 0.2) is 0 Å². The summed E-state index contributed by atoms with van der Waals surface area (Å²) in [7, 11) is 0. The van der Waals surface area contributed by atoms with Gasteiger partial charge in [0.1, 0.15) is 0 Å². The maximum atomic E-state index is 10.5. The maximum absolute atomic E-state index is 10.5. The Bertz CT molecular complexity index is 336. The Kier molecular flexibility index (Phi) is 2.90. The standard InChI is InChI=1S/C10H13NO2/c1-3-11-5-4-9(7-11)6-8(2)10(12)13/h4-7H,3H2,1-2H3,(H,12,13)/b8-6-. The highest BCUT2D eigenvalue weighted by Gasteiger charge is 2.00. The molecule has 3 heteroatoms. The van der Waals surface area contributed by atoms with E-state index in [1.54, 1.807) is 13.0 Å². The van der Waals surface area contributed by atoms with Crippen LogP contribution in [0.2, 0.25) is 0 Å². The Morgan fingerprint density at radius 1 is 1.69 bits per heavy atom. The molecule has 0 fully saturated rings. The molecule has 0 saturated heterocycles. The summed E-state index contributed by atoms with van der Waals surface area (Å²) >= 11 is 0. The average molecular weight is 179 g/mol. The van der Waals surface area contributed by atoms with Crippen molar-refractivity contribution in [1.29, 1.82) is 0 Å². The van der Waals surface area contributed by atoms with Gasteiger partial charge in [-0.25, -0.2) is 4.79 Å². The van der Waals surface area contributed by atoms with Crippen LogP contribution in [0.3, 0.4) is 0 Å². The van der Waals surface area contributed by atoms with E-state index in [4.69, 9.17) is 5.11 Å². The normalized spacial score (nSPS) is 11.7. The van der Waals surface area contributed by atoms with Crippen LogP contribution in [0.25, 0.3) is 6.08 Å². The highest BCUT2D eigenvalue weighted by molar-refractivity contribution is 5.91. The minimum Gasteiger partial charge on any atom is -0.478 e. The van der Waals surface area contributed by atoms with E-state index in [1.807, 2.05) is 30.0 Å². The largest absolute Gasteiger partial charge is 0.478 e. The zero-order valence-electron chi connectivity index (χ0n) is 7.82. The zero-order valence-corrected chi connectivity index (χ0v) is 7.82. The fourth-order valence-electron chi connectivity index (χ4n) is 1.05. The number of carbonyl (C=O) groups is 1. The van der Waals surface area contributed by atoms with Gasteiger partial charge in [-0.1, -0.05) is 0 Å². The van der Waals surface area contributed by atoms with Crippen LogP contribution in [-0.4, -0.2) is 15.6 Å². The molecule has 0 amide bonds. The fourth-order valence-corrected chi connectivity index (χ4v) is 1.05. The summed E-state index contributed by atoms with van der Waals surface area (Å²) < 4.78 is 2.00. The van der Waals surface area contributed by atoms with Gasteiger partial charge in [0, 0.05) is 24.5 Å². The number of aliphatic carboxylic acids is 1. The van der Waals surface area contributed by atoms with Crippen LogP contribution in [0.5, 0.6) is 0 Å². The van der Waals surface area contributed by atoms with Crippen molar-refractivity contribution in [3.63, 3.8) is 0 Å². The smallest absolute Gasteiger partial charge is 0.331 e. The molecule has 13 heavy (non-hydrogen) atoms. The van der Waals surface area contributed by atoms with Crippen LogP contribution in [0.1, 0.15) is 19.4 Å². The zero-order chi connectivity index (χ0) is 9.84. The molecule has 0 unspecified atom stereocenters. The number of aryl methyl sites for hydroxylation is 1. The van der Waals surface area contributed by atoms with Crippen LogP contribution in [-0.2, 0) is 11.3 Å². The van der Waals surface area contributed by atoms with Crippen molar-refractivity contribution in [2.45, 2.75) is 20.4 Å². The Balaban J connectivity index is 2.84. The van der Waals surface area contributed by atoms with E-state index < -0.39 is 5.97 Å². The molecule has 0 radical (unpaired) electrons. The van der Waals surface area contributed by atoms with Crippen LogP contribution < -0.4 is 0 Å². The Morgan fingerprint density at radius 3 is 2.85 bits per heavy atom. The van der Waals surface area contributed by atoms with E-state index in [9.17, 15) is 4.79 Å². The van der Waals surface area contributed by atoms with Gasteiger partial charge in [-0.15, -0.1) is 0 Å². The third kappa shape index (κ3) is 2.47. The Labute approximate surface area is 77.3 Å². The van der Waals surface area contributed by atoms with Crippen molar-refractivity contribution < 1.29 is 9.90 Å². The van der Waals surface area contributed by atoms with Gasteiger partial charge in [-0.3, -0.25) is 0 Å². The molecule has 0 aliphatic rings. The van der Waals surface area contributed by atoms with E-state index in [2.05, 4.69) is 0 Å². The second-order valence-electron chi connectivity index (χ2n) is 2.91. The molecule has 1 rings (SSSR count). The molecule has 0 atom stereocenters. The number of rotatable bonds is 3. The monoisotopic (exact) mass is 179 g/mol. The molecule has 0 spiro atoms. The summed E-state index contributed by atoms with van der Waals surface area (Å²) in [5, 5.41) is 8.63. The molecule has 0 aliphatic carbocycles. The SMILES string of the molecule is CCn1ccc(/C=C(/C)C(=O)O)c1. The summed E-state index contributed by atoms with van der Waals surface area (Å²) in [6, 6.07) is 1.90. The lowest BCUT2D eigenvalue weighted by Crippen LogP contribution is -1.95. The highest BCUT2D eigenvalue weighted by atomic mass is 16.4. The van der Waals surface area contributed by atoms with Gasteiger partial charge < -0.3 is 9.67 Å². The minimum atomic E-state index is -0.871. The van der Waals surface area contributed by atoms with Gasteiger partial charge in [-0.2, -0.15) is 0 Å². The molecule has 0 saturated carbocycles. The lowest BCUT2D eigenvalue weighted by molar-refractivity contribution is -0.132. The first-order valence-corrected chi connectivity index (χ1v) is 4.21. The first-order chi connectivity index (χ1) is 6.13. The summed E-state index contributed by atoms with van der Waals surface area (Å²) in [5.41, 5.74) is 1.29. The number of nitrogens with zero attached hydrogens (tertiary/aromatic N) is 1. The number of hydrogen-bond acceptors (Lipinski definition) is 1. The third-order valence-corrected chi connectivity index (χ3v) is 1.86. The maximum Gasteiger partial charge on any atom is 0.331 e. The summed E-state index contributed by atoms with van der Waals surface area (Å²) in [6.45, 7) is 4.53. The number of carboxylic acid groups (broad SMARTS) is 1.